The van der Waals surface area contributed by atoms with Crippen molar-refractivity contribution in [3.05, 3.63) is 18.3 Å². The number of rotatable bonds is 2. The molecule has 1 saturated heterocycles. The summed E-state index contributed by atoms with van der Waals surface area (Å²) >= 11 is 0. The lowest BCUT2D eigenvalue weighted by Gasteiger charge is -2.27. The molecule has 4 nitrogen and oxygen atoms in total. The van der Waals surface area contributed by atoms with E-state index in [9.17, 15) is 8.42 Å². The predicted octanol–water partition coefficient (Wildman–Crippen LogP) is 1.47. The molecule has 0 amide bonds. The van der Waals surface area contributed by atoms with Crippen LogP contribution in [0.5, 0.6) is 0 Å². The van der Waals surface area contributed by atoms with Crippen molar-refractivity contribution in [1.82, 2.24) is 4.98 Å². The number of fused-ring (bicyclic) bond motifs is 2. The topological polar surface area (TPSA) is 50.3 Å². The van der Waals surface area contributed by atoms with E-state index in [4.69, 9.17) is 0 Å². The van der Waals surface area contributed by atoms with Crippen molar-refractivity contribution in [2.75, 3.05) is 17.7 Å². The molecule has 1 aromatic rings. The molecular formula is C12H16N2O2S. The van der Waals surface area contributed by atoms with E-state index in [1.54, 1.807) is 6.07 Å². The number of nitrogens with zero attached hydrogens (tertiary/aromatic N) is 2. The largest absolute Gasteiger partial charge is 0.353 e. The maximum absolute atomic E-state index is 11.3. The Bertz CT molecular complexity index is 524. The van der Waals surface area contributed by atoms with Gasteiger partial charge < -0.3 is 4.90 Å². The molecule has 2 fully saturated rings. The van der Waals surface area contributed by atoms with Gasteiger partial charge in [0, 0.05) is 25.0 Å². The average Bonchev–Trinajstić information content (AvgIpc) is 2.89. The number of sulfone groups is 1. The van der Waals surface area contributed by atoms with Gasteiger partial charge in [0.1, 0.15) is 5.82 Å². The van der Waals surface area contributed by atoms with Crippen molar-refractivity contribution in [2.24, 2.45) is 5.92 Å². The minimum Gasteiger partial charge on any atom is -0.353 e. The minimum absolute atomic E-state index is 0.297. The van der Waals surface area contributed by atoms with Gasteiger partial charge in [-0.05, 0) is 37.3 Å². The summed E-state index contributed by atoms with van der Waals surface area (Å²) in [6.07, 6.45) is 6.54. The van der Waals surface area contributed by atoms with Crippen molar-refractivity contribution >= 4 is 15.7 Å². The van der Waals surface area contributed by atoms with Gasteiger partial charge in [0.15, 0.2) is 9.84 Å². The Balaban J connectivity index is 1.86. The lowest BCUT2D eigenvalue weighted by molar-refractivity contribution is 0.550. The number of hydrogen-bond acceptors (Lipinski definition) is 4. The van der Waals surface area contributed by atoms with Crippen molar-refractivity contribution < 1.29 is 8.42 Å². The smallest absolute Gasteiger partial charge is 0.177 e. The quantitative estimate of drug-likeness (QED) is 0.800. The summed E-state index contributed by atoms with van der Waals surface area (Å²) < 4.78 is 22.7. The minimum atomic E-state index is -3.13. The lowest BCUT2D eigenvalue weighted by atomic mass is 10.1. The summed E-state index contributed by atoms with van der Waals surface area (Å²) in [5.41, 5.74) is 0. The van der Waals surface area contributed by atoms with E-state index in [1.165, 1.54) is 31.7 Å². The van der Waals surface area contributed by atoms with Gasteiger partial charge in [-0.3, -0.25) is 0 Å². The summed E-state index contributed by atoms with van der Waals surface area (Å²) in [5.74, 6) is 1.74. The maximum atomic E-state index is 11.3. The Labute approximate surface area is 102 Å². The van der Waals surface area contributed by atoms with Crippen LogP contribution in [0, 0.1) is 5.92 Å². The van der Waals surface area contributed by atoms with Gasteiger partial charge >= 0.3 is 0 Å². The van der Waals surface area contributed by atoms with Gasteiger partial charge in [-0.25, -0.2) is 13.4 Å². The SMILES string of the molecule is CS(=O)(=O)c1ccc(N2CC3CCC2C3)nc1. The second-order valence-electron chi connectivity index (χ2n) is 5.11. The molecule has 0 N–H and O–H groups in total. The monoisotopic (exact) mass is 252 g/mol. The Morgan fingerprint density at radius 3 is 2.65 bits per heavy atom. The van der Waals surface area contributed by atoms with Gasteiger partial charge in [0.05, 0.1) is 4.90 Å². The molecule has 1 aliphatic carbocycles. The second kappa shape index (κ2) is 3.70. The highest BCUT2D eigenvalue weighted by Crippen LogP contribution is 2.39. The Hall–Kier alpha value is -1.10. The molecule has 5 heteroatoms. The van der Waals surface area contributed by atoms with Crippen LogP contribution in [-0.2, 0) is 9.84 Å². The Kier molecular flexibility index (Phi) is 2.40. The van der Waals surface area contributed by atoms with Gasteiger partial charge in [-0.15, -0.1) is 0 Å². The number of pyridine rings is 1. The van der Waals surface area contributed by atoms with Crippen LogP contribution >= 0.6 is 0 Å². The van der Waals surface area contributed by atoms with E-state index in [2.05, 4.69) is 9.88 Å². The molecule has 2 aliphatic rings. The molecule has 2 heterocycles. The first kappa shape index (κ1) is 11.0. The molecule has 17 heavy (non-hydrogen) atoms. The van der Waals surface area contributed by atoms with Crippen molar-refractivity contribution in [2.45, 2.75) is 30.2 Å². The third kappa shape index (κ3) is 1.92. The van der Waals surface area contributed by atoms with Crippen molar-refractivity contribution in [1.29, 1.82) is 0 Å². The molecule has 3 rings (SSSR count). The molecule has 1 aromatic heterocycles. The lowest BCUT2D eigenvalue weighted by Crippen LogP contribution is -2.32. The maximum Gasteiger partial charge on any atom is 0.177 e. The first-order chi connectivity index (χ1) is 8.04. The van der Waals surface area contributed by atoms with Crippen molar-refractivity contribution in [3.8, 4) is 0 Å². The predicted molar refractivity (Wildman–Crippen MR) is 65.8 cm³/mol. The number of anilines is 1. The van der Waals surface area contributed by atoms with Crippen LogP contribution in [-0.4, -0.2) is 32.2 Å². The van der Waals surface area contributed by atoms with Crippen LogP contribution < -0.4 is 4.90 Å². The standard InChI is InChI=1S/C12H16N2O2S/c1-17(15,16)11-4-5-12(13-7-11)14-8-9-2-3-10(14)6-9/h4-5,7,9-10H,2-3,6,8H2,1H3. The van der Waals surface area contributed by atoms with Gasteiger partial charge in [-0.2, -0.15) is 0 Å². The molecule has 92 valence electrons. The third-order valence-electron chi connectivity index (χ3n) is 3.85. The van der Waals surface area contributed by atoms with Crippen LogP contribution in [0.4, 0.5) is 5.82 Å². The molecule has 2 atom stereocenters. The summed E-state index contributed by atoms with van der Waals surface area (Å²) in [4.78, 5) is 6.91. The van der Waals surface area contributed by atoms with E-state index in [-0.39, 0.29) is 0 Å². The molecule has 0 aromatic carbocycles. The van der Waals surface area contributed by atoms with Crippen LogP contribution in [0.2, 0.25) is 0 Å². The normalized spacial score (nSPS) is 27.7. The van der Waals surface area contributed by atoms with Gasteiger partial charge in [0.2, 0.25) is 0 Å². The summed E-state index contributed by atoms with van der Waals surface area (Å²) in [7, 11) is -3.13. The molecular weight excluding hydrogens is 236 g/mol. The molecule has 2 unspecified atom stereocenters. The average molecular weight is 252 g/mol. The molecule has 1 saturated carbocycles. The highest BCUT2D eigenvalue weighted by atomic mass is 32.2. The van der Waals surface area contributed by atoms with E-state index in [0.29, 0.717) is 10.9 Å². The molecule has 0 radical (unpaired) electrons. The first-order valence-corrected chi connectivity index (χ1v) is 7.86. The third-order valence-corrected chi connectivity index (χ3v) is 4.95. The van der Waals surface area contributed by atoms with E-state index < -0.39 is 9.84 Å². The highest BCUT2D eigenvalue weighted by Gasteiger charge is 2.38. The molecule has 2 bridgehead atoms. The number of hydrogen-bond donors (Lipinski definition) is 0. The zero-order valence-electron chi connectivity index (χ0n) is 9.83. The van der Waals surface area contributed by atoms with Gasteiger partial charge in [-0.1, -0.05) is 0 Å². The van der Waals surface area contributed by atoms with Gasteiger partial charge in [0.25, 0.3) is 0 Å². The zero-order valence-corrected chi connectivity index (χ0v) is 10.7. The Morgan fingerprint density at radius 2 is 2.18 bits per heavy atom. The molecule has 0 spiro atoms. The second-order valence-corrected chi connectivity index (χ2v) is 7.13. The van der Waals surface area contributed by atoms with E-state index in [0.717, 1.165) is 18.3 Å². The fraction of sp³-hybridized carbons (Fsp3) is 0.583. The fourth-order valence-corrected chi connectivity index (χ4v) is 3.53. The van der Waals surface area contributed by atoms with Crippen molar-refractivity contribution in [3.63, 3.8) is 0 Å². The van der Waals surface area contributed by atoms with Crippen LogP contribution in [0.15, 0.2) is 23.2 Å². The van der Waals surface area contributed by atoms with E-state index in [1.807, 2.05) is 6.07 Å². The van der Waals surface area contributed by atoms with E-state index >= 15 is 0 Å². The summed E-state index contributed by atoms with van der Waals surface area (Å²) in [5, 5.41) is 0. The zero-order chi connectivity index (χ0) is 12.0. The summed E-state index contributed by atoms with van der Waals surface area (Å²) in [6, 6.07) is 4.11. The first-order valence-electron chi connectivity index (χ1n) is 5.97. The number of piperidine rings is 1. The summed E-state index contributed by atoms with van der Waals surface area (Å²) in [6.45, 7) is 1.08. The van der Waals surface area contributed by atoms with Crippen LogP contribution in [0.25, 0.3) is 0 Å². The fourth-order valence-electron chi connectivity index (χ4n) is 2.97. The number of aromatic nitrogens is 1. The van der Waals surface area contributed by atoms with Crippen LogP contribution in [0.1, 0.15) is 19.3 Å². The Morgan fingerprint density at radius 1 is 1.35 bits per heavy atom. The highest BCUT2D eigenvalue weighted by molar-refractivity contribution is 7.90. The van der Waals surface area contributed by atoms with Crippen LogP contribution in [0.3, 0.4) is 0 Å². The molecule has 1 aliphatic heterocycles.